The van der Waals surface area contributed by atoms with Crippen molar-refractivity contribution in [2.75, 3.05) is 5.73 Å². The van der Waals surface area contributed by atoms with E-state index in [4.69, 9.17) is 5.73 Å². The first-order chi connectivity index (χ1) is 11.6. The Balaban J connectivity index is 2.35. The molecule has 2 aromatic carbocycles. The molecule has 0 fully saturated rings. The average Bonchev–Trinajstić information content (AvgIpc) is 3.11. The lowest BCUT2D eigenvalue weighted by molar-refractivity contribution is -0.384. The fourth-order valence-corrected chi connectivity index (χ4v) is 2.83. The number of benzene rings is 2. The normalized spacial score (nSPS) is 10.7. The SMILES string of the molecule is CCCc1c(N)c(-n2cncn2)cc([N+](=O)[O-])c1-c1ccccc1. The number of nitro groups is 1. The predicted molar refractivity (Wildman–Crippen MR) is 91.9 cm³/mol. The summed E-state index contributed by atoms with van der Waals surface area (Å²) in [7, 11) is 0. The van der Waals surface area contributed by atoms with Gasteiger partial charge in [0.05, 0.1) is 21.9 Å². The molecule has 1 aromatic heterocycles. The molecule has 0 aliphatic heterocycles. The highest BCUT2D eigenvalue weighted by molar-refractivity contribution is 5.85. The first-order valence-electron chi connectivity index (χ1n) is 7.63. The fraction of sp³-hybridized carbons (Fsp3) is 0.176. The molecule has 7 nitrogen and oxygen atoms in total. The van der Waals surface area contributed by atoms with E-state index in [1.807, 2.05) is 37.3 Å². The van der Waals surface area contributed by atoms with Crippen LogP contribution in [0.1, 0.15) is 18.9 Å². The van der Waals surface area contributed by atoms with Gasteiger partial charge in [0.2, 0.25) is 0 Å². The molecular formula is C17H17N5O2. The van der Waals surface area contributed by atoms with Gasteiger partial charge in [-0.1, -0.05) is 43.7 Å². The van der Waals surface area contributed by atoms with E-state index in [0.717, 1.165) is 17.5 Å². The first kappa shape index (κ1) is 15.7. The van der Waals surface area contributed by atoms with E-state index in [1.54, 1.807) is 0 Å². The second-order valence-corrected chi connectivity index (χ2v) is 5.40. The molecule has 0 aliphatic rings. The van der Waals surface area contributed by atoms with Gasteiger partial charge in [-0.2, -0.15) is 5.10 Å². The highest BCUT2D eigenvalue weighted by Gasteiger charge is 2.25. The summed E-state index contributed by atoms with van der Waals surface area (Å²) in [4.78, 5) is 15.2. The number of anilines is 1. The molecular weight excluding hydrogens is 306 g/mol. The smallest absolute Gasteiger partial charge is 0.279 e. The van der Waals surface area contributed by atoms with Crippen LogP contribution >= 0.6 is 0 Å². The Morgan fingerprint density at radius 2 is 2.04 bits per heavy atom. The molecule has 122 valence electrons. The van der Waals surface area contributed by atoms with E-state index in [1.165, 1.54) is 23.4 Å². The van der Waals surface area contributed by atoms with Crippen LogP contribution in [0.4, 0.5) is 11.4 Å². The molecule has 0 saturated heterocycles. The van der Waals surface area contributed by atoms with Crippen molar-refractivity contribution in [1.82, 2.24) is 14.8 Å². The summed E-state index contributed by atoms with van der Waals surface area (Å²) < 4.78 is 1.45. The highest BCUT2D eigenvalue weighted by Crippen LogP contribution is 2.40. The van der Waals surface area contributed by atoms with Crippen molar-refractivity contribution in [3.8, 4) is 16.8 Å². The third kappa shape index (κ3) is 2.71. The Bertz CT molecular complexity index is 860. The number of hydrogen-bond acceptors (Lipinski definition) is 5. The lowest BCUT2D eigenvalue weighted by Gasteiger charge is -2.16. The van der Waals surface area contributed by atoms with Crippen LogP contribution in [0, 0.1) is 10.1 Å². The fourth-order valence-electron chi connectivity index (χ4n) is 2.83. The van der Waals surface area contributed by atoms with Crippen LogP contribution in [0.25, 0.3) is 16.8 Å². The molecule has 0 bridgehead atoms. The van der Waals surface area contributed by atoms with Crippen LogP contribution in [0.3, 0.4) is 0 Å². The molecule has 0 radical (unpaired) electrons. The van der Waals surface area contributed by atoms with Gasteiger partial charge in [-0.3, -0.25) is 10.1 Å². The number of nitro benzene ring substituents is 1. The minimum Gasteiger partial charge on any atom is -0.397 e. The largest absolute Gasteiger partial charge is 0.397 e. The van der Waals surface area contributed by atoms with Crippen LogP contribution in [0.15, 0.2) is 49.1 Å². The molecule has 24 heavy (non-hydrogen) atoms. The quantitative estimate of drug-likeness (QED) is 0.441. The second kappa shape index (κ2) is 6.49. The molecule has 3 aromatic rings. The minimum absolute atomic E-state index is 0.0179. The van der Waals surface area contributed by atoms with Crippen molar-refractivity contribution in [3.63, 3.8) is 0 Å². The number of nitrogens with zero attached hydrogens (tertiary/aromatic N) is 4. The van der Waals surface area contributed by atoms with E-state index in [9.17, 15) is 10.1 Å². The van der Waals surface area contributed by atoms with Crippen molar-refractivity contribution in [2.24, 2.45) is 0 Å². The van der Waals surface area contributed by atoms with Crippen molar-refractivity contribution in [2.45, 2.75) is 19.8 Å². The first-order valence-corrected chi connectivity index (χ1v) is 7.63. The Morgan fingerprint density at radius 1 is 1.29 bits per heavy atom. The Labute approximate surface area is 138 Å². The molecule has 0 atom stereocenters. The molecule has 1 heterocycles. The number of nitrogen functional groups attached to an aromatic ring is 1. The molecule has 3 rings (SSSR count). The summed E-state index contributed by atoms with van der Waals surface area (Å²) in [6.45, 7) is 2.02. The zero-order valence-electron chi connectivity index (χ0n) is 13.2. The van der Waals surface area contributed by atoms with Crippen LogP contribution in [0.5, 0.6) is 0 Å². The summed E-state index contributed by atoms with van der Waals surface area (Å²) >= 11 is 0. The maximum atomic E-state index is 11.7. The molecule has 0 amide bonds. The van der Waals surface area contributed by atoms with E-state index >= 15 is 0 Å². The second-order valence-electron chi connectivity index (χ2n) is 5.40. The lowest BCUT2D eigenvalue weighted by Crippen LogP contribution is -2.08. The molecule has 0 saturated carbocycles. The Morgan fingerprint density at radius 3 is 2.62 bits per heavy atom. The Hall–Kier alpha value is -3.22. The predicted octanol–water partition coefficient (Wildman–Crippen LogP) is 3.38. The zero-order valence-corrected chi connectivity index (χ0v) is 13.2. The van der Waals surface area contributed by atoms with Gasteiger partial charge in [-0.15, -0.1) is 0 Å². The topological polar surface area (TPSA) is 99.9 Å². The highest BCUT2D eigenvalue weighted by atomic mass is 16.6. The van der Waals surface area contributed by atoms with Crippen molar-refractivity contribution >= 4 is 11.4 Å². The van der Waals surface area contributed by atoms with Gasteiger partial charge in [-0.05, 0) is 17.5 Å². The van der Waals surface area contributed by atoms with Gasteiger partial charge in [0.1, 0.15) is 12.7 Å². The van der Waals surface area contributed by atoms with Crippen molar-refractivity contribution in [1.29, 1.82) is 0 Å². The van der Waals surface area contributed by atoms with Crippen molar-refractivity contribution < 1.29 is 4.92 Å². The maximum Gasteiger partial charge on any atom is 0.279 e. The number of aromatic nitrogens is 3. The summed E-state index contributed by atoms with van der Waals surface area (Å²) in [6, 6.07) is 10.8. The van der Waals surface area contributed by atoms with E-state index in [0.29, 0.717) is 23.4 Å². The van der Waals surface area contributed by atoms with Crippen LogP contribution in [-0.4, -0.2) is 19.7 Å². The third-order valence-electron chi connectivity index (χ3n) is 3.86. The summed E-state index contributed by atoms with van der Waals surface area (Å²) in [5.41, 5.74) is 9.46. The van der Waals surface area contributed by atoms with Crippen LogP contribution in [0.2, 0.25) is 0 Å². The van der Waals surface area contributed by atoms with E-state index in [-0.39, 0.29) is 10.6 Å². The molecule has 0 aliphatic carbocycles. The van der Waals surface area contributed by atoms with Gasteiger partial charge in [0.15, 0.2) is 0 Å². The van der Waals surface area contributed by atoms with Gasteiger partial charge >= 0.3 is 0 Å². The zero-order chi connectivity index (χ0) is 17.1. The number of nitrogens with two attached hydrogens (primary N) is 1. The van der Waals surface area contributed by atoms with Gasteiger partial charge in [-0.25, -0.2) is 9.67 Å². The van der Waals surface area contributed by atoms with Crippen molar-refractivity contribution in [3.05, 3.63) is 64.7 Å². The van der Waals surface area contributed by atoms with E-state index < -0.39 is 0 Å². The average molecular weight is 323 g/mol. The standard InChI is InChI=1S/C17H17N5O2/c1-2-6-13-16(12-7-4-3-5-8-12)14(22(23)24)9-15(17(13)18)21-11-19-10-20-21/h3-5,7-11H,2,6,18H2,1H3. The Kier molecular flexibility index (Phi) is 4.24. The third-order valence-corrected chi connectivity index (χ3v) is 3.86. The molecule has 7 heteroatoms. The number of rotatable bonds is 5. The molecule has 0 spiro atoms. The lowest BCUT2D eigenvalue weighted by atomic mass is 9.92. The minimum atomic E-state index is -0.374. The summed E-state index contributed by atoms with van der Waals surface area (Å²) in [6.07, 6.45) is 4.31. The maximum absolute atomic E-state index is 11.7. The van der Waals surface area contributed by atoms with Gasteiger partial charge < -0.3 is 5.73 Å². The van der Waals surface area contributed by atoms with Crippen LogP contribution < -0.4 is 5.73 Å². The van der Waals surface area contributed by atoms with Gasteiger partial charge in [0.25, 0.3) is 5.69 Å². The molecule has 0 unspecified atom stereocenters. The summed E-state index contributed by atoms with van der Waals surface area (Å²) in [5.74, 6) is 0. The molecule has 2 N–H and O–H groups in total. The van der Waals surface area contributed by atoms with Gasteiger partial charge in [0, 0.05) is 6.07 Å². The number of hydrogen-bond donors (Lipinski definition) is 1. The summed E-state index contributed by atoms with van der Waals surface area (Å²) in [5, 5.41) is 15.8. The van der Waals surface area contributed by atoms with Crippen LogP contribution in [-0.2, 0) is 6.42 Å². The van der Waals surface area contributed by atoms with E-state index in [2.05, 4.69) is 10.1 Å². The monoisotopic (exact) mass is 323 g/mol.